The molecule has 0 radical (unpaired) electrons. The number of nitrogens with zero attached hydrogens (tertiary/aromatic N) is 3. The first-order valence-corrected chi connectivity index (χ1v) is 11.0. The number of methoxy groups -OCH3 is 2. The van der Waals surface area contributed by atoms with Gasteiger partial charge in [-0.25, -0.2) is 19.6 Å². The van der Waals surface area contributed by atoms with Crippen LogP contribution in [0, 0.1) is 10.8 Å². The highest BCUT2D eigenvalue weighted by atomic mass is 16.5. The molecule has 176 valence electrons. The molecule has 9 heteroatoms. The minimum absolute atomic E-state index is 0.208. The number of hydrogen-bond donors (Lipinski definition) is 2. The lowest BCUT2D eigenvalue weighted by molar-refractivity contribution is 0.0599. The molecular formula is C24H31N5O4. The van der Waals surface area contributed by atoms with Crippen LogP contribution in [0.25, 0.3) is 0 Å². The van der Waals surface area contributed by atoms with Crippen molar-refractivity contribution in [2.24, 2.45) is 10.8 Å². The second-order valence-corrected chi connectivity index (χ2v) is 10.2. The van der Waals surface area contributed by atoms with Crippen molar-refractivity contribution in [2.75, 3.05) is 36.7 Å². The van der Waals surface area contributed by atoms with Gasteiger partial charge in [0.05, 0.1) is 25.3 Å². The van der Waals surface area contributed by atoms with Crippen molar-refractivity contribution >= 4 is 34.9 Å². The summed E-state index contributed by atoms with van der Waals surface area (Å²) in [6.07, 6.45) is 4.85. The van der Waals surface area contributed by atoms with Crippen LogP contribution in [0.2, 0.25) is 0 Å². The Bertz CT molecular complexity index is 1070. The molecule has 0 spiro atoms. The quantitative estimate of drug-likeness (QED) is 0.652. The Morgan fingerprint density at radius 3 is 2.30 bits per heavy atom. The number of carbonyl (C=O) groups excluding carboxylic acids is 2. The van der Waals surface area contributed by atoms with Gasteiger partial charge in [0.15, 0.2) is 11.6 Å². The molecule has 33 heavy (non-hydrogen) atoms. The Kier molecular flexibility index (Phi) is 5.67. The van der Waals surface area contributed by atoms with E-state index in [1.54, 1.807) is 12.1 Å². The smallest absolute Gasteiger partial charge is 0.337 e. The van der Waals surface area contributed by atoms with Gasteiger partial charge >= 0.3 is 11.9 Å². The molecule has 0 amide bonds. The summed E-state index contributed by atoms with van der Waals surface area (Å²) in [4.78, 5) is 35.4. The first-order valence-electron chi connectivity index (χ1n) is 11.0. The molecule has 2 bridgehead atoms. The molecular weight excluding hydrogens is 422 g/mol. The minimum Gasteiger partial charge on any atom is -0.465 e. The van der Waals surface area contributed by atoms with Gasteiger partial charge in [-0.15, -0.1) is 0 Å². The first kappa shape index (κ1) is 22.8. The third-order valence-electron chi connectivity index (χ3n) is 6.59. The number of carbonyl (C=O) groups is 2. The molecule has 2 aliphatic rings. The maximum absolute atomic E-state index is 12.1. The third kappa shape index (κ3) is 4.44. The van der Waals surface area contributed by atoms with Crippen molar-refractivity contribution in [3.05, 3.63) is 35.7 Å². The van der Waals surface area contributed by atoms with Gasteiger partial charge in [-0.3, -0.25) is 0 Å². The third-order valence-corrected chi connectivity index (χ3v) is 6.59. The first-order chi connectivity index (χ1) is 15.5. The zero-order chi connectivity index (χ0) is 24.0. The van der Waals surface area contributed by atoms with Gasteiger partial charge in [-0.05, 0) is 48.3 Å². The van der Waals surface area contributed by atoms with Gasteiger partial charge in [-0.1, -0.05) is 20.8 Å². The van der Waals surface area contributed by atoms with Crippen LogP contribution < -0.4 is 16.0 Å². The second-order valence-electron chi connectivity index (χ2n) is 10.2. The fourth-order valence-corrected chi connectivity index (χ4v) is 5.73. The Balaban J connectivity index is 1.67. The predicted octanol–water partition coefficient (Wildman–Crippen LogP) is 3.78. The largest absolute Gasteiger partial charge is 0.465 e. The number of nitrogen functional groups attached to an aromatic ring is 1. The van der Waals surface area contributed by atoms with Crippen molar-refractivity contribution in [2.45, 2.75) is 46.1 Å². The van der Waals surface area contributed by atoms with Crippen LogP contribution in [0.4, 0.5) is 23.0 Å². The number of fused-ring (bicyclic) bond motifs is 2. The van der Waals surface area contributed by atoms with Crippen LogP contribution in [0.15, 0.2) is 24.5 Å². The molecule has 1 aromatic heterocycles. The minimum atomic E-state index is -0.569. The van der Waals surface area contributed by atoms with E-state index in [2.05, 4.69) is 41.0 Å². The fourth-order valence-electron chi connectivity index (χ4n) is 5.73. The molecule has 2 fully saturated rings. The normalized spacial score (nSPS) is 23.2. The SMILES string of the molecule is COC(=O)c1cc(Nc2ncnc(N3CC4(C)CC3CC(C)(C)C4)c2N)cc(C(=O)OC)c1. The van der Waals surface area contributed by atoms with Crippen molar-refractivity contribution < 1.29 is 19.1 Å². The maximum atomic E-state index is 12.1. The van der Waals surface area contributed by atoms with Crippen LogP contribution in [-0.4, -0.2) is 48.7 Å². The van der Waals surface area contributed by atoms with E-state index in [1.165, 1.54) is 33.0 Å². The summed E-state index contributed by atoms with van der Waals surface area (Å²) in [6.45, 7) is 7.88. The average Bonchev–Trinajstić information content (AvgIpc) is 3.02. The maximum Gasteiger partial charge on any atom is 0.337 e. The summed E-state index contributed by atoms with van der Waals surface area (Å²) in [5, 5.41) is 3.14. The number of esters is 2. The lowest BCUT2D eigenvalue weighted by Crippen LogP contribution is -2.35. The highest BCUT2D eigenvalue weighted by Gasteiger charge is 2.50. The summed E-state index contributed by atoms with van der Waals surface area (Å²) in [5.74, 6) is -0.0272. The topological polar surface area (TPSA) is 120 Å². The molecule has 9 nitrogen and oxygen atoms in total. The van der Waals surface area contributed by atoms with E-state index >= 15 is 0 Å². The number of nitrogens with two attached hydrogens (primary N) is 1. The number of rotatable bonds is 5. The molecule has 2 aromatic rings. The van der Waals surface area contributed by atoms with E-state index in [0.717, 1.165) is 19.4 Å². The predicted molar refractivity (Wildman–Crippen MR) is 126 cm³/mol. The molecule has 1 saturated carbocycles. The van der Waals surface area contributed by atoms with Crippen molar-refractivity contribution in [1.82, 2.24) is 9.97 Å². The van der Waals surface area contributed by atoms with E-state index in [0.29, 0.717) is 29.1 Å². The molecule has 1 aliphatic heterocycles. The molecule has 1 saturated heterocycles. The molecule has 2 heterocycles. The number of nitrogens with one attached hydrogen (secondary N) is 1. The highest BCUT2D eigenvalue weighted by molar-refractivity contribution is 5.97. The lowest BCUT2D eigenvalue weighted by atomic mass is 9.65. The van der Waals surface area contributed by atoms with Crippen molar-refractivity contribution in [3.8, 4) is 0 Å². The molecule has 1 aliphatic carbocycles. The van der Waals surface area contributed by atoms with Crippen molar-refractivity contribution in [1.29, 1.82) is 0 Å². The van der Waals surface area contributed by atoms with Crippen LogP contribution in [0.3, 0.4) is 0 Å². The summed E-state index contributed by atoms with van der Waals surface area (Å²) < 4.78 is 9.62. The van der Waals surface area contributed by atoms with Crippen LogP contribution in [-0.2, 0) is 9.47 Å². The zero-order valence-electron chi connectivity index (χ0n) is 19.8. The summed E-state index contributed by atoms with van der Waals surface area (Å²) in [7, 11) is 2.56. The number of aromatic nitrogens is 2. The van der Waals surface area contributed by atoms with Crippen LogP contribution in [0.1, 0.15) is 60.7 Å². The fraction of sp³-hybridized carbons (Fsp3) is 0.500. The summed E-state index contributed by atoms with van der Waals surface area (Å²) >= 11 is 0. The number of anilines is 4. The van der Waals surface area contributed by atoms with Gasteiger partial charge in [0.25, 0.3) is 0 Å². The molecule has 2 atom stereocenters. The molecule has 1 aromatic carbocycles. The Morgan fingerprint density at radius 2 is 1.70 bits per heavy atom. The Hall–Kier alpha value is -3.36. The van der Waals surface area contributed by atoms with E-state index in [4.69, 9.17) is 15.2 Å². The lowest BCUT2D eigenvalue weighted by Gasteiger charge is -2.39. The number of benzene rings is 1. The van der Waals surface area contributed by atoms with E-state index < -0.39 is 11.9 Å². The van der Waals surface area contributed by atoms with Crippen molar-refractivity contribution in [3.63, 3.8) is 0 Å². The van der Waals surface area contributed by atoms with E-state index in [1.807, 2.05) is 0 Å². The zero-order valence-corrected chi connectivity index (χ0v) is 19.8. The number of hydrogen-bond acceptors (Lipinski definition) is 9. The Morgan fingerprint density at radius 1 is 1.06 bits per heavy atom. The average molecular weight is 454 g/mol. The van der Waals surface area contributed by atoms with Crippen LogP contribution in [0.5, 0.6) is 0 Å². The van der Waals surface area contributed by atoms with Crippen LogP contribution >= 0.6 is 0 Å². The summed E-state index contributed by atoms with van der Waals surface area (Å²) in [6, 6.07) is 4.94. The van der Waals surface area contributed by atoms with Gasteiger partial charge in [0.1, 0.15) is 12.0 Å². The molecule has 2 unspecified atom stereocenters. The number of ether oxygens (including phenoxy) is 2. The van der Waals surface area contributed by atoms with Gasteiger partial charge in [-0.2, -0.15) is 0 Å². The monoisotopic (exact) mass is 453 g/mol. The Labute approximate surface area is 193 Å². The van der Waals surface area contributed by atoms with Gasteiger partial charge in [0, 0.05) is 18.3 Å². The standard InChI is InChI=1S/C24H31N5O4/c1-23(2)9-17-10-24(3,11-23)12-29(17)20-18(25)19(26-13-27-20)28-16-7-14(21(30)32-4)6-15(8-16)22(31)33-5/h6-8,13,17H,9-12,25H2,1-5H3,(H,26,27,28). The highest BCUT2D eigenvalue weighted by Crippen LogP contribution is 2.54. The van der Waals surface area contributed by atoms with Gasteiger partial charge in [0.2, 0.25) is 0 Å². The second kappa shape index (κ2) is 8.20. The van der Waals surface area contributed by atoms with E-state index in [-0.39, 0.29) is 22.0 Å². The van der Waals surface area contributed by atoms with Gasteiger partial charge < -0.3 is 25.4 Å². The molecule has 3 N–H and O–H groups in total. The van der Waals surface area contributed by atoms with E-state index in [9.17, 15) is 9.59 Å². The molecule has 4 rings (SSSR count). The summed E-state index contributed by atoms with van der Waals surface area (Å²) in [5.41, 5.74) is 8.34.